The van der Waals surface area contributed by atoms with Crippen molar-refractivity contribution < 1.29 is 17.8 Å². The van der Waals surface area contributed by atoms with Crippen LogP contribution in [0.4, 0.5) is 5.69 Å². The number of nitro benzene ring substituents is 1. The number of non-ortho nitro benzene ring substituents is 1. The van der Waals surface area contributed by atoms with Gasteiger partial charge < -0.3 is 4.42 Å². The molecule has 0 aliphatic rings. The standard InChI is InChI=1S/C16H14N4O5S/c1-11-5-2-3-8-14(11)16-19-18-15(25-16)10-17-26(23,24)13-7-4-6-12(9-13)20(21)22/h2-9,17H,10H2,1H3. The van der Waals surface area contributed by atoms with Gasteiger partial charge in [-0.25, -0.2) is 13.1 Å². The number of nitrogens with zero attached hydrogens (tertiary/aromatic N) is 3. The number of nitrogens with one attached hydrogen (secondary N) is 1. The molecule has 0 atom stereocenters. The molecule has 0 aliphatic heterocycles. The van der Waals surface area contributed by atoms with E-state index in [9.17, 15) is 18.5 Å². The third-order valence-corrected chi connectivity index (χ3v) is 4.99. The van der Waals surface area contributed by atoms with Crippen LogP contribution in [-0.4, -0.2) is 23.5 Å². The molecule has 26 heavy (non-hydrogen) atoms. The highest BCUT2D eigenvalue weighted by Gasteiger charge is 2.19. The van der Waals surface area contributed by atoms with Gasteiger partial charge >= 0.3 is 0 Å². The predicted octanol–water partition coefficient (Wildman–Crippen LogP) is 2.43. The quantitative estimate of drug-likeness (QED) is 0.518. The fourth-order valence-corrected chi connectivity index (χ4v) is 3.26. The van der Waals surface area contributed by atoms with Crippen LogP contribution in [0.5, 0.6) is 0 Å². The molecule has 0 bridgehead atoms. The lowest BCUT2D eigenvalue weighted by Gasteiger charge is -2.04. The van der Waals surface area contributed by atoms with Crippen molar-refractivity contribution in [3.05, 3.63) is 70.1 Å². The maximum absolute atomic E-state index is 12.3. The molecule has 1 aromatic heterocycles. The first-order valence-electron chi connectivity index (χ1n) is 7.49. The first-order valence-corrected chi connectivity index (χ1v) is 8.97. The summed E-state index contributed by atoms with van der Waals surface area (Å²) in [4.78, 5) is 9.90. The van der Waals surface area contributed by atoms with Gasteiger partial charge in [0.15, 0.2) is 0 Å². The molecule has 10 heteroatoms. The third-order valence-electron chi connectivity index (χ3n) is 3.59. The topological polar surface area (TPSA) is 128 Å². The third kappa shape index (κ3) is 3.76. The van der Waals surface area contributed by atoms with Crippen molar-refractivity contribution in [1.82, 2.24) is 14.9 Å². The van der Waals surface area contributed by atoms with Gasteiger partial charge in [-0.1, -0.05) is 24.3 Å². The van der Waals surface area contributed by atoms with Gasteiger partial charge in [-0.15, -0.1) is 10.2 Å². The van der Waals surface area contributed by atoms with Crippen LogP contribution in [0, 0.1) is 17.0 Å². The molecule has 0 unspecified atom stereocenters. The van der Waals surface area contributed by atoms with Crippen molar-refractivity contribution in [2.24, 2.45) is 0 Å². The van der Waals surface area contributed by atoms with Crippen LogP contribution in [-0.2, 0) is 16.6 Å². The average Bonchev–Trinajstić information content (AvgIpc) is 3.09. The Labute approximate surface area is 148 Å². The highest BCUT2D eigenvalue weighted by Crippen LogP contribution is 2.22. The molecule has 1 N–H and O–H groups in total. The highest BCUT2D eigenvalue weighted by atomic mass is 32.2. The van der Waals surface area contributed by atoms with Gasteiger partial charge in [0, 0.05) is 17.7 Å². The fraction of sp³-hybridized carbons (Fsp3) is 0.125. The van der Waals surface area contributed by atoms with E-state index in [1.807, 2.05) is 31.2 Å². The van der Waals surface area contributed by atoms with E-state index in [1.165, 1.54) is 18.2 Å². The lowest BCUT2D eigenvalue weighted by molar-refractivity contribution is -0.385. The zero-order chi connectivity index (χ0) is 18.7. The Morgan fingerprint density at radius 2 is 1.92 bits per heavy atom. The van der Waals surface area contributed by atoms with Crippen LogP contribution < -0.4 is 4.72 Å². The second-order valence-corrected chi connectivity index (χ2v) is 7.16. The van der Waals surface area contributed by atoms with Gasteiger partial charge in [0.05, 0.1) is 16.4 Å². The van der Waals surface area contributed by atoms with Crippen LogP contribution in [0.3, 0.4) is 0 Å². The Hall–Kier alpha value is -3.11. The van der Waals surface area contributed by atoms with Crippen molar-refractivity contribution in [1.29, 1.82) is 0 Å². The molecule has 0 saturated heterocycles. The Morgan fingerprint density at radius 3 is 2.65 bits per heavy atom. The number of rotatable bonds is 6. The minimum atomic E-state index is -3.96. The fourth-order valence-electron chi connectivity index (χ4n) is 2.25. The Bertz CT molecular complexity index is 1060. The minimum absolute atomic E-state index is 0.0808. The number of hydrogen-bond donors (Lipinski definition) is 1. The van der Waals surface area contributed by atoms with Gasteiger partial charge in [0.1, 0.15) is 0 Å². The van der Waals surface area contributed by atoms with Gasteiger partial charge in [-0.3, -0.25) is 10.1 Å². The molecule has 0 spiro atoms. The van der Waals surface area contributed by atoms with E-state index < -0.39 is 14.9 Å². The molecule has 0 radical (unpaired) electrons. The maximum Gasteiger partial charge on any atom is 0.270 e. The summed E-state index contributed by atoms with van der Waals surface area (Å²) in [5.74, 6) is 0.366. The number of aryl methyl sites for hydroxylation is 1. The summed E-state index contributed by atoms with van der Waals surface area (Å²) in [6, 6.07) is 12.2. The summed E-state index contributed by atoms with van der Waals surface area (Å²) < 4.78 is 32.4. The SMILES string of the molecule is Cc1ccccc1-c1nnc(CNS(=O)(=O)c2cccc([N+](=O)[O-])c2)o1. The molecule has 9 nitrogen and oxygen atoms in total. The Balaban J connectivity index is 1.76. The molecule has 0 fully saturated rings. The van der Waals surface area contributed by atoms with Crippen LogP contribution in [0.25, 0.3) is 11.5 Å². The molecule has 0 saturated carbocycles. The largest absolute Gasteiger partial charge is 0.419 e. The first-order chi connectivity index (χ1) is 12.4. The number of hydrogen-bond acceptors (Lipinski definition) is 7. The average molecular weight is 374 g/mol. The summed E-state index contributed by atoms with van der Waals surface area (Å²) in [5.41, 5.74) is 1.39. The second kappa shape index (κ2) is 7.02. The van der Waals surface area contributed by atoms with Crippen LogP contribution in [0.2, 0.25) is 0 Å². The first kappa shape index (κ1) is 17.7. The van der Waals surface area contributed by atoms with E-state index in [0.29, 0.717) is 0 Å². The maximum atomic E-state index is 12.3. The van der Waals surface area contributed by atoms with E-state index in [1.54, 1.807) is 0 Å². The van der Waals surface area contributed by atoms with Gasteiger partial charge in [0.2, 0.25) is 21.8 Å². The van der Waals surface area contributed by atoms with E-state index in [-0.39, 0.29) is 28.9 Å². The lowest BCUT2D eigenvalue weighted by Crippen LogP contribution is -2.23. The highest BCUT2D eigenvalue weighted by molar-refractivity contribution is 7.89. The van der Waals surface area contributed by atoms with E-state index in [2.05, 4.69) is 14.9 Å². The molecule has 0 amide bonds. The van der Waals surface area contributed by atoms with Crippen molar-refractivity contribution in [2.75, 3.05) is 0 Å². The Kier molecular flexibility index (Phi) is 4.78. The normalized spacial score (nSPS) is 11.4. The molecule has 134 valence electrons. The number of sulfonamides is 1. The zero-order valence-electron chi connectivity index (χ0n) is 13.6. The molecular formula is C16H14N4O5S. The molecule has 3 aromatic rings. The summed E-state index contributed by atoms with van der Waals surface area (Å²) >= 11 is 0. The smallest absolute Gasteiger partial charge is 0.270 e. The summed E-state index contributed by atoms with van der Waals surface area (Å²) in [7, 11) is -3.96. The summed E-state index contributed by atoms with van der Waals surface area (Å²) in [6.45, 7) is 1.66. The van der Waals surface area contributed by atoms with E-state index in [0.717, 1.165) is 17.2 Å². The molecular weight excluding hydrogens is 360 g/mol. The van der Waals surface area contributed by atoms with Crippen molar-refractivity contribution >= 4 is 15.7 Å². The number of aromatic nitrogens is 2. The van der Waals surface area contributed by atoms with Crippen LogP contribution in [0.1, 0.15) is 11.5 Å². The van der Waals surface area contributed by atoms with Crippen LogP contribution in [0.15, 0.2) is 57.8 Å². The lowest BCUT2D eigenvalue weighted by atomic mass is 10.1. The molecule has 3 rings (SSSR count). The predicted molar refractivity (Wildman–Crippen MR) is 91.6 cm³/mol. The van der Waals surface area contributed by atoms with Crippen molar-refractivity contribution in [3.63, 3.8) is 0 Å². The van der Waals surface area contributed by atoms with E-state index >= 15 is 0 Å². The van der Waals surface area contributed by atoms with Gasteiger partial charge in [-0.05, 0) is 24.6 Å². The van der Waals surface area contributed by atoms with Crippen molar-refractivity contribution in [3.8, 4) is 11.5 Å². The molecule has 2 aromatic carbocycles. The van der Waals surface area contributed by atoms with Gasteiger partial charge in [-0.2, -0.15) is 0 Å². The number of benzene rings is 2. The van der Waals surface area contributed by atoms with Gasteiger partial charge in [0.25, 0.3) is 5.69 Å². The second-order valence-electron chi connectivity index (χ2n) is 5.39. The Morgan fingerprint density at radius 1 is 1.15 bits per heavy atom. The molecule has 1 heterocycles. The summed E-state index contributed by atoms with van der Waals surface area (Å²) in [5, 5.41) is 18.5. The monoisotopic (exact) mass is 374 g/mol. The summed E-state index contributed by atoms with van der Waals surface area (Å²) in [6.07, 6.45) is 0. The van der Waals surface area contributed by atoms with E-state index in [4.69, 9.17) is 4.42 Å². The van der Waals surface area contributed by atoms with Crippen molar-refractivity contribution in [2.45, 2.75) is 18.4 Å². The minimum Gasteiger partial charge on any atom is -0.419 e. The molecule has 0 aliphatic carbocycles. The zero-order valence-corrected chi connectivity index (χ0v) is 14.4. The number of nitro groups is 1. The van der Waals surface area contributed by atoms with Crippen LogP contribution >= 0.6 is 0 Å².